The molecule has 2 aliphatic heterocycles. The largest absolute Gasteiger partial charge is 0.387 e. The second kappa shape index (κ2) is 4.59. The number of hydrogen-bond donors (Lipinski definition) is 1. The lowest BCUT2D eigenvalue weighted by atomic mass is 9.89. The lowest BCUT2D eigenvalue weighted by Gasteiger charge is -2.13. The van der Waals surface area contributed by atoms with Crippen molar-refractivity contribution in [3.8, 4) is 11.5 Å². The predicted octanol–water partition coefficient (Wildman–Crippen LogP) is 2.81. The number of aromatic nitrogens is 2. The minimum atomic E-state index is 0.282. The Hall–Kier alpha value is -1.88. The van der Waals surface area contributed by atoms with Crippen LogP contribution in [0, 0.1) is 0 Å². The van der Waals surface area contributed by atoms with Crippen LogP contribution >= 0.6 is 0 Å². The summed E-state index contributed by atoms with van der Waals surface area (Å²) < 4.78 is 11.3. The molecule has 0 aliphatic carbocycles. The van der Waals surface area contributed by atoms with E-state index in [1.165, 1.54) is 6.42 Å². The number of nitrogens with one attached hydrogen (secondary N) is 1. The number of nitrogens with zero attached hydrogens (tertiary/aromatic N) is 2. The SMILES string of the molecule is CNc1ccccc1-c1nc(C2CC3CCC2O3)no1. The molecule has 2 fully saturated rings. The van der Waals surface area contributed by atoms with Gasteiger partial charge in [-0.15, -0.1) is 0 Å². The molecule has 0 spiro atoms. The van der Waals surface area contributed by atoms with Gasteiger partial charge in [0.15, 0.2) is 5.82 Å². The highest BCUT2D eigenvalue weighted by atomic mass is 16.5. The van der Waals surface area contributed by atoms with E-state index < -0.39 is 0 Å². The summed E-state index contributed by atoms with van der Waals surface area (Å²) in [6.07, 6.45) is 4.00. The molecule has 5 nitrogen and oxygen atoms in total. The Labute approximate surface area is 117 Å². The summed E-state index contributed by atoms with van der Waals surface area (Å²) in [5.74, 6) is 1.67. The molecule has 20 heavy (non-hydrogen) atoms. The number of ether oxygens (including phenoxy) is 1. The molecule has 0 radical (unpaired) electrons. The first-order valence-corrected chi connectivity index (χ1v) is 7.11. The van der Waals surface area contributed by atoms with Crippen molar-refractivity contribution in [3.63, 3.8) is 0 Å². The molecule has 1 aromatic heterocycles. The molecule has 1 N–H and O–H groups in total. The monoisotopic (exact) mass is 271 g/mol. The van der Waals surface area contributed by atoms with E-state index in [1.807, 2.05) is 31.3 Å². The molecule has 3 atom stereocenters. The Morgan fingerprint density at radius 1 is 1.25 bits per heavy atom. The van der Waals surface area contributed by atoms with E-state index in [4.69, 9.17) is 9.26 Å². The molecular formula is C15H17N3O2. The summed E-state index contributed by atoms with van der Waals surface area (Å²) in [6.45, 7) is 0. The van der Waals surface area contributed by atoms with Crippen LogP contribution < -0.4 is 5.32 Å². The topological polar surface area (TPSA) is 60.2 Å². The first-order valence-electron chi connectivity index (χ1n) is 7.11. The van der Waals surface area contributed by atoms with E-state index in [0.29, 0.717) is 17.9 Å². The molecule has 1 aromatic carbocycles. The quantitative estimate of drug-likeness (QED) is 0.930. The van der Waals surface area contributed by atoms with Crippen LogP contribution in [0.3, 0.4) is 0 Å². The predicted molar refractivity (Wildman–Crippen MR) is 74.5 cm³/mol. The molecule has 0 saturated carbocycles. The minimum absolute atomic E-state index is 0.282. The van der Waals surface area contributed by atoms with Gasteiger partial charge in [0.1, 0.15) is 0 Å². The van der Waals surface area contributed by atoms with Crippen LogP contribution in [0.5, 0.6) is 0 Å². The smallest absolute Gasteiger partial charge is 0.260 e. The van der Waals surface area contributed by atoms with Crippen molar-refractivity contribution in [3.05, 3.63) is 30.1 Å². The fourth-order valence-electron chi connectivity index (χ4n) is 3.29. The van der Waals surface area contributed by atoms with Crippen molar-refractivity contribution in [2.24, 2.45) is 0 Å². The lowest BCUT2D eigenvalue weighted by molar-refractivity contribution is 0.0996. The van der Waals surface area contributed by atoms with E-state index in [1.54, 1.807) is 0 Å². The van der Waals surface area contributed by atoms with Gasteiger partial charge < -0.3 is 14.6 Å². The minimum Gasteiger partial charge on any atom is -0.387 e. The van der Waals surface area contributed by atoms with Crippen LogP contribution in [-0.2, 0) is 4.74 Å². The van der Waals surface area contributed by atoms with E-state index in [2.05, 4.69) is 15.5 Å². The van der Waals surface area contributed by atoms with Gasteiger partial charge in [-0.05, 0) is 31.4 Å². The average Bonchev–Trinajstić information content (AvgIpc) is 3.22. The third kappa shape index (κ3) is 1.81. The van der Waals surface area contributed by atoms with Crippen LogP contribution in [0.2, 0.25) is 0 Å². The second-order valence-electron chi connectivity index (χ2n) is 5.47. The molecule has 2 saturated heterocycles. The third-order valence-corrected chi connectivity index (χ3v) is 4.31. The van der Waals surface area contributed by atoms with Crippen LogP contribution in [0.15, 0.2) is 28.8 Å². The Morgan fingerprint density at radius 3 is 2.90 bits per heavy atom. The zero-order valence-electron chi connectivity index (χ0n) is 11.4. The summed E-state index contributed by atoms with van der Waals surface area (Å²) in [4.78, 5) is 4.59. The van der Waals surface area contributed by atoms with E-state index in [0.717, 1.165) is 29.9 Å². The molecule has 2 bridgehead atoms. The highest BCUT2D eigenvalue weighted by Gasteiger charge is 2.43. The fraction of sp³-hybridized carbons (Fsp3) is 0.467. The van der Waals surface area contributed by atoms with Crippen molar-refractivity contribution in [2.75, 3.05) is 12.4 Å². The van der Waals surface area contributed by atoms with Gasteiger partial charge in [0, 0.05) is 12.7 Å². The van der Waals surface area contributed by atoms with Crippen LogP contribution in [0.25, 0.3) is 11.5 Å². The number of anilines is 1. The molecule has 3 unspecified atom stereocenters. The van der Waals surface area contributed by atoms with E-state index in [-0.39, 0.29) is 6.10 Å². The Bertz CT molecular complexity index is 625. The zero-order chi connectivity index (χ0) is 13.5. The number of rotatable bonds is 3. The molecule has 0 amide bonds. The van der Waals surface area contributed by atoms with Gasteiger partial charge in [-0.2, -0.15) is 4.98 Å². The maximum absolute atomic E-state index is 5.87. The molecule has 4 rings (SSSR count). The second-order valence-corrected chi connectivity index (χ2v) is 5.47. The van der Waals surface area contributed by atoms with Gasteiger partial charge in [0.05, 0.1) is 23.7 Å². The lowest BCUT2D eigenvalue weighted by Crippen LogP contribution is -2.15. The van der Waals surface area contributed by atoms with Crippen molar-refractivity contribution >= 4 is 5.69 Å². The summed E-state index contributed by atoms with van der Waals surface area (Å²) >= 11 is 0. The van der Waals surface area contributed by atoms with Crippen molar-refractivity contribution in [1.29, 1.82) is 0 Å². The first-order chi connectivity index (χ1) is 9.85. The zero-order valence-corrected chi connectivity index (χ0v) is 11.4. The molecule has 3 heterocycles. The van der Waals surface area contributed by atoms with Gasteiger partial charge >= 0.3 is 0 Å². The highest BCUT2D eigenvalue weighted by molar-refractivity contribution is 5.72. The van der Waals surface area contributed by atoms with Crippen molar-refractivity contribution < 1.29 is 9.26 Å². The molecular weight excluding hydrogens is 254 g/mol. The van der Waals surface area contributed by atoms with Gasteiger partial charge in [0.2, 0.25) is 0 Å². The number of benzene rings is 1. The first kappa shape index (κ1) is 11.9. The Kier molecular flexibility index (Phi) is 2.73. The summed E-state index contributed by atoms with van der Waals surface area (Å²) in [7, 11) is 1.89. The van der Waals surface area contributed by atoms with Gasteiger partial charge in [-0.25, -0.2) is 0 Å². The molecule has 5 heteroatoms. The number of hydrogen-bond acceptors (Lipinski definition) is 5. The van der Waals surface area contributed by atoms with Gasteiger partial charge in [0.25, 0.3) is 5.89 Å². The maximum Gasteiger partial charge on any atom is 0.260 e. The fourth-order valence-corrected chi connectivity index (χ4v) is 3.29. The molecule has 2 aliphatic rings. The van der Waals surface area contributed by atoms with Crippen LogP contribution in [-0.4, -0.2) is 29.4 Å². The standard InChI is InChI=1S/C15H17N3O2/c1-16-12-5-3-2-4-10(12)15-17-14(18-20-15)11-8-9-6-7-13(11)19-9/h2-5,9,11,13,16H,6-8H2,1H3. The molecule has 104 valence electrons. The van der Waals surface area contributed by atoms with Gasteiger partial charge in [-0.3, -0.25) is 0 Å². The van der Waals surface area contributed by atoms with Crippen molar-refractivity contribution in [2.45, 2.75) is 37.4 Å². The Morgan fingerprint density at radius 2 is 2.15 bits per heavy atom. The summed E-state index contributed by atoms with van der Waals surface area (Å²) in [6, 6.07) is 7.94. The average molecular weight is 271 g/mol. The van der Waals surface area contributed by atoms with Crippen molar-refractivity contribution in [1.82, 2.24) is 10.1 Å². The van der Waals surface area contributed by atoms with E-state index >= 15 is 0 Å². The van der Waals surface area contributed by atoms with Gasteiger partial charge in [-0.1, -0.05) is 17.3 Å². The summed E-state index contributed by atoms with van der Waals surface area (Å²) in [5.41, 5.74) is 1.93. The normalized spacial score (nSPS) is 27.9. The third-order valence-electron chi connectivity index (χ3n) is 4.31. The maximum atomic E-state index is 5.87. The molecule has 2 aromatic rings. The van der Waals surface area contributed by atoms with Crippen LogP contribution in [0.1, 0.15) is 31.0 Å². The van der Waals surface area contributed by atoms with Crippen LogP contribution in [0.4, 0.5) is 5.69 Å². The highest BCUT2D eigenvalue weighted by Crippen LogP contribution is 2.43. The number of para-hydroxylation sites is 1. The van der Waals surface area contributed by atoms with E-state index in [9.17, 15) is 0 Å². The number of fused-ring (bicyclic) bond motifs is 2. The summed E-state index contributed by atoms with van der Waals surface area (Å²) in [5, 5.41) is 7.32. The Balaban J connectivity index is 1.65.